The van der Waals surface area contributed by atoms with Gasteiger partial charge in [0.2, 0.25) is 10.0 Å². The van der Waals surface area contributed by atoms with Crippen molar-refractivity contribution in [1.29, 1.82) is 0 Å². The predicted molar refractivity (Wildman–Crippen MR) is 98.7 cm³/mol. The maximum absolute atomic E-state index is 12.5. The molecule has 3 heterocycles. The summed E-state index contributed by atoms with van der Waals surface area (Å²) in [6, 6.07) is 1.28. The first-order valence-corrected chi connectivity index (χ1v) is 11.0. The summed E-state index contributed by atoms with van der Waals surface area (Å²) in [6.07, 6.45) is 6.21. The van der Waals surface area contributed by atoms with E-state index in [4.69, 9.17) is 4.74 Å². The number of nitrogens with one attached hydrogen (secondary N) is 1. The van der Waals surface area contributed by atoms with E-state index >= 15 is 0 Å². The van der Waals surface area contributed by atoms with Gasteiger partial charge in [-0.2, -0.15) is 4.31 Å². The van der Waals surface area contributed by atoms with Crippen LogP contribution in [-0.2, 0) is 19.6 Å². The van der Waals surface area contributed by atoms with E-state index in [1.165, 1.54) is 16.6 Å². The lowest BCUT2D eigenvalue weighted by Gasteiger charge is -2.23. The van der Waals surface area contributed by atoms with Crippen molar-refractivity contribution in [2.45, 2.75) is 56.4 Å². The number of hydrogen-bond donors (Lipinski definition) is 1. The van der Waals surface area contributed by atoms with Crippen LogP contribution in [0.25, 0.3) is 0 Å². The lowest BCUT2D eigenvalue weighted by atomic mass is 10.2. The highest BCUT2D eigenvalue weighted by Gasteiger charge is 2.30. The molecule has 0 aliphatic carbocycles. The Morgan fingerprint density at radius 1 is 1.04 bits per heavy atom. The van der Waals surface area contributed by atoms with E-state index in [0.717, 1.165) is 38.5 Å². The number of ether oxygens (including phenoxy) is 1. The van der Waals surface area contributed by atoms with Gasteiger partial charge in [-0.05, 0) is 38.7 Å². The molecule has 1 unspecified atom stereocenters. The molecular weight excluding hydrogens is 370 g/mol. The third kappa shape index (κ3) is 4.52. The van der Waals surface area contributed by atoms with Gasteiger partial charge in [0, 0.05) is 32.4 Å². The van der Waals surface area contributed by atoms with Gasteiger partial charge in [0.05, 0.1) is 0 Å². The van der Waals surface area contributed by atoms with E-state index in [1.807, 2.05) is 0 Å². The number of carbonyl (C=O) groups excluding carboxylic acids is 2. The first-order valence-electron chi connectivity index (χ1n) is 9.58. The van der Waals surface area contributed by atoms with E-state index in [9.17, 15) is 18.0 Å². The molecular formula is C18H27N3O5S. The molecule has 9 heteroatoms. The normalized spacial score (nSPS) is 20.3. The van der Waals surface area contributed by atoms with Crippen molar-refractivity contribution < 1.29 is 22.7 Å². The number of carbonyl (C=O) groups is 2. The van der Waals surface area contributed by atoms with Gasteiger partial charge in [0.1, 0.15) is 10.6 Å². The zero-order chi connectivity index (χ0) is 19.4. The van der Waals surface area contributed by atoms with Crippen molar-refractivity contribution in [3.8, 4) is 0 Å². The van der Waals surface area contributed by atoms with Gasteiger partial charge in [0.25, 0.3) is 5.91 Å². The monoisotopic (exact) mass is 397 g/mol. The van der Waals surface area contributed by atoms with Crippen LogP contribution in [0.5, 0.6) is 0 Å². The number of aromatic nitrogens is 1. The quantitative estimate of drug-likeness (QED) is 0.763. The summed E-state index contributed by atoms with van der Waals surface area (Å²) in [6.45, 7) is 3.90. The molecule has 2 aliphatic heterocycles. The molecule has 0 radical (unpaired) electrons. The van der Waals surface area contributed by atoms with E-state index in [0.29, 0.717) is 26.2 Å². The molecule has 1 atom stereocenters. The maximum atomic E-state index is 12.5. The zero-order valence-electron chi connectivity index (χ0n) is 15.6. The van der Waals surface area contributed by atoms with Gasteiger partial charge in [-0.3, -0.25) is 4.79 Å². The fourth-order valence-electron chi connectivity index (χ4n) is 3.54. The molecule has 27 heavy (non-hydrogen) atoms. The smallest absolute Gasteiger partial charge is 0.355 e. The highest BCUT2D eigenvalue weighted by molar-refractivity contribution is 7.89. The molecule has 1 N–H and O–H groups in total. The summed E-state index contributed by atoms with van der Waals surface area (Å²) in [5.74, 6) is -0.935. The minimum atomic E-state index is -3.60. The van der Waals surface area contributed by atoms with Gasteiger partial charge in [-0.25, -0.2) is 13.2 Å². The second kappa shape index (κ2) is 8.43. The van der Waals surface area contributed by atoms with Crippen molar-refractivity contribution in [3.05, 3.63) is 18.0 Å². The number of likely N-dealkylation sites (tertiary alicyclic amines) is 1. The summed E-state index contributed by atoms with van der Waals surface area (Å²) in [5.41, 5.74) is 0.0308. The third-order valence-corrected chi connectivity index (χ3v) is 7.00. The lowest BCUT2D eigenvalue weighted by Crippen LogP contribution is -2.40. The van der Waals surface area contributed by atoms with Crippen LogP contribution in [0.15, 0.2) is 17.2 Å². The summed E-state index contributed by atoms with van der Waals surface area (Å²) in [7, 11) is -3.60. The lowest BCUT2D eigenvalue weighted by molar-refractivity contribution is -0.139. The van der Waals surface area contributed by atoms with Crippen LogP contribution in [0.4, 0.5) is 0 Å². The first kappa shape index (κ1) is 19.9. The van der Waals surface area contributed by atoms with Crippen LogP contribution in [0.1, 0.15) is 55.9 Å². The molecule has 8 nitrogen and oxygen atoms in total. The van der Waals surface area contributed by atoms with Crippen molar-refractivity contribution in [3.63, 3.8) is 0 Å². The first-order chi connectivity index (χ1) is 12.9. The zero-order valence-corrected chi connectivity index (χ0v) is 16.5. The molecule has 2 saturated heterocycles. The van der Waals surface area contributed by atoms with Crippen molar-refractivity contribution in [2.24, 2.45) is 0 Å². The number of H-pyrrole nitrogens is 1. The molecule has 1 amide bonds. The van der Waals surface area contributed by atoms with Gasteiger partial charge >= 0.3 is 5.97 Å². The van der Waals surface area contributed by atoms with Crippen LogP contribution in [0.3, 0.4) is 0 Å². The van der Waals surface area contributed by atoms with Gasteiger partial charge < -0.3 is 14.6 Å². The topological polar surface area (TPSA) is 99.8 Å². The van der Waals surface area contributed by atoms with Crippen LogP contribution in [0.2, 0.25) is 0 Å². The maximum Gasteiger partial charge on any atom is 0.355 e. The van der Waals surface area contributed by atoms with Crippen LogP contribution in [-0.4, -0.2) is 66.8 Å². The number of nitrogens with zero attached hydrogens (tertiary/aromatic N) is 2. The molecule has 0 bridgehead atoms. The molecule has 2 fully saturated rings. The standard InChI is InChI=1S/C18H27N3O5S/c1-14(17(22)20-8-4-2-3-5-9-20)26-18(23)16-12-15(13-19-16)27(24,25)21-10-6-7-11-21/h12-14,19H,2-11H2,1H3. The minimum absolute atomic E-state index is 0.0308. The SMILES string of the molecule is CC(OC(=O)c1cc(S(=O)(=O)N2CCCC2)c[nH]1)C(=O)N1CCCCCC1. The Kier molecular flexibility index (Phi) is 6.21. The number of sulfonamides is 1. The molecule has 2 aliphatic rings. The fourth-order valence-corrected chi connectivity index (χ4v) is 5.05. The highest BCUT2D eigenvalue weighted by Crippen LogP contribution is 2.22. The number of aromatic amines is 1. The Balaban J connectivity index is 1.62. The minimum Gasteiger partial charge on any atom is -0.448 e. The van der Waals surface area contributed by atoms with Crippen molar-refractivity contribution >= 4 is 21.9 Å². The molecule has 0 aromatic carbocycles. The Bertz CT molecular complexity index is 775. The number of amides is 1. The van der Waals surface area contributed by atoms with Gasteiger partial charge in [-0.15, -0.1) is 0 Å². The summed E-state index contributed by atoms with van der Waals surface area (Å²) >= 11 is 0. The van der Waals surface area contributed by atoms with Crippen LogP contribution in [0, 0.1) is 0 Å². The Morgan fingerprint density at radius 3 is 2.26 bits per heavy atom. The van der Waals surface area contributed by atoms with Crippen molar-refractivity contribution in [1.82, 2.24) is 14.2 Å². The summed E-state index contributed by atoms with van der Waals surface area (Å²) < 4.78 is 31.8. The fraction of sp³-hybridized carbons (Fsp3) is 0.667. The Labute approximate surface area is 159 Å². The van der Waals surface area contributed by atoms with E-state index < -0.39 is 22.1 Å². The molecule has 1 aromatic heterocycles. The third-order valence-electron chi connectivity index (χ3n) is 5.13. The summed E-state index contributed by atoms with van der Waals surface area (Å²) in [5, 5.41) is 0. The Hall–Kier alpha value is -1.87. The van der Waals surface area contributed by atoms with Gasteiger partial charge in [0.15, 0.2) is 6.10 Å². The second-order valence-electron chi connectivity index (χ2n) is 7.15. The molecule has 1 aromatic rings. The number of esters is 1. The molecule has 0 saturated carbocycles. The predicted octanol–water partition coefficient (Wildman–Crippen LogP) is 1.75. The Morgan fingerprint density at radius 2 is 1.63 bits per heavy atom. The van der Waals surface area contributed by atoms with Gasteiger partial charge in [-0.1, -0.05) is 12.8 Å². The number of rotatable bonds is 5. The van der Waals surface area contributed by atoms with Crippen LogP contribution >= 0.6 is 0 Å². The van der Waals surface area contributed by atoms with E-state index in [2.05, 4.69) is 4.98 Å². The molecule has 150 valence electrons. The van der Waals surface area contributed by atoms with E-state index in [1.54, 1.807) is 11.8 Å². The highest BCUT2D eigenvalue weighted by atomic mass is 32.2. The average molecular weight is 397 g/mol. The van der Waals surface area contributed by atoms with E-state index in [-0.39, 0.29) is 16.5 Å². The van der Waals surface area contributed by atoms with Crippen molar-refractivity contribution in [2.75, 3.05) is 26.2 Å². The van der Waals surface area contributed by atoms with Crippen LogP contribution < -0.4 is 0 Å². The molecule has 0 spiro atoms. The average Bonchev–Trinajstić information content (AvgIpc) is 3.29. The summed E-state index contributed by atoms with van der Waals surface area (Å²) in [4.78, 5) is 29.3. The number of hydrogen-bond acceptors (Lipinski definition) is 5. The molecule has 3 rings (SSSR count). The largest absolute Gasteiger partial charge is 0.448 e. The second-order valence-corrected chi connectivity index (χ2v) is 9.09.